The predicted octanol–water partition coefficient (Wildman–Crippen LogP) is 4.15. The Morgan fingerprint density at radius 3 is 2.29 bits per heavy atom. The smallest absolute Gasteiger partial charge is 0.272 e. The molecular weight excluding hydrogens is 436 g/mol. The molecule has 0 spiro atoms. The average molecular weight is 463 g/mol. The van der Waals surface area contributed by atoms with Gasteiger partial charge in [0.25, 0.3) is 5.91 Å². The van der Waals surface area contributed by atoms with Gasteiger partial charge in [-0.25, -0.2) is 9.67 Å². The molecule has 4 heterocycles. The number of nitrogens with zero attached hydrogens (tertiary/aromatic N) is 6. The third kappa shape index (κ3) is 4.34. The minimum Gasteiger partial charge on any atom is -0.335 e. The maximum absolute atomic E-state index is 13.7. The van der Waals surface area contributed by atoms with E-state index in [0.29, 0.717) is 18.8 Å². The van der Waals surface area contributed by atoms with Gasteiger partial charge in [-0.1, -0.05) is 54.6 Å². The summed E-state index contributed by atoms with van der Waals surface area (Å²) in [5.74, 6) is 0.0101. The lowest BCUT2D eigenvalue weighted by molar-refractivity contribution is 0.0618. The maximum Gasteiger partial charge on any atom is 0.272 e. The van der Waals surface area contributed by atoms with Gasteiger partial charge in [-0.05, 0) is 30.3 Å². The van der Waals surface area contributed by atoms with E-state index in [1.165, 1.54) is 0 Å². The molecule has 0 radical (unpaired) electrons. The molecule has 35 heavy (non-hydrogen) atoms. The second kappa shape index (κ2) is 9.19. The van der Waals surface area contributed by atoms with Crippen molar-refractivity contribution >= 4 is 11.6 Å². The highest BCUT2D eigenvalue weighted by molar-refractivity contribution is 5.94. The molecular formula is C28H26N6O. The van der Waals surface area contributed by atoms with Gasteiger partial charge < -0.3 is 9.30 Å². The summed E-state index contributed by atoms with van der Waals surface area (Å²) < 4.78 is 3.82. The Morgan fingerprint density at radius 1 is 0.829 bits per heavy atom. The lowest BCUT2D eigenvalue weighted by Gasteiger charge is -2.34. The summed E-state index contributed by atoms with van der Waals surface area (Å²) in [4.78, 5) is 22.7. The molecule has 1 amide bonds. The molecule has 0 N–H and O–H groups in total. The highest BCUT2D eigenvalue weighted by Crippen LogP contribution is 2.23. The molecule has 0 saturated carbocycles. The van der Waals surface area contributed by atoms with Crippen LogP contribution >= 0.6 is 0 Å². The molecule has 1 fully saturated rings. The van der Waals surface area contributed by atoms with E-state index in [0.717, 1.165) is 47.9 Å². The molecule has 1 aliphatic heterocycles. The third-order valence-electron chi connectivity index (χ3n) is 6.46. The molecule has 5 aromatic rings. The van der Waals surface area contributed by atoms with Crippen LogP contribution in [0.5, 0.6) is 0 Å². The van der Waals surface area contributed by atoms with E-state index >= 15 is 0 Å². The Kier molecular flexibility index (Phi) is 5.60. The Balaban J connectivity index is 1.20. The molecule has 174 valence electrons. The van der Waals surface area contributed by atoms with Crippen LogP contribution in [0.1, 0.15) is 16.2 Å². The standard InChI is InChI=1S/C28H26N6O/c35-28(32-17-15-31(16-18-32)20-23-21-33-14-8-7-13-27(33)29-23)26-19-25(22-9-3-1-4-10-22)30-34(26)24-11-5-2-6-12-24/h1-14,19,21H,15-18,20H2. The summed E-state index contributed by atoms with van der Waals surface area (Å²) in [5, 5.41) is 4.81. The zero-order valence-corrected chi connectivity index (χ0v) is 19.4. The Bertz CT molecular complexity index is 1420. The van der Waals surface area contributed by atoms with Crippen molar-refractivity contribution in [2.75, 3.05) is 26.2 Å². The maximum atomic E-state index is 13.7. The van der Waals surface area contributed by atoms with E-state index in [2.05, 4.69) is 11.1 Å². The van der Waals surface area contributed by atoms with Crippen molar-refractivity contribution in [3.05, 3.63) is 109 Å². The van der Waals surface area contributed by atoms with E-state index in [-0.39, 0.29) is 5.91 Å². The highest BCUT2D eigenvalue weighted by atomic mass is 16.2. The quantitative estimate of drug-likeness (QED) is 0.394. The predicted molar refractivity (Wildman–Crippen MR) is 135 cm³/mol. The van der Waals surface area contributed by atoms with Gasteiger partial charge in [0.15, 0.2) is 0 Å². The zero-order valence-electron chi connectivity index (χ0n) is 19.4. The van der Waals surface area contributed by atoms with Crippen molar-refractivity contribution in [1.29, 1.82) is 0 Å². The largest absolute Gasteiger partial charge is 0.335 e. The average Bonchev–Trinajstić information content (AvgIpc) is 3.54. The molecule has 2 aromatic carbocycles. The number of carbonyl (C=O) groups is 1. The van der Waals surface area contributed by atoms with Crippen molar-refractivity contribution in [2.45, 2.75) is 6.54 Å². The normalized spacial score (nSPS) is 14.5. The number of fused-ring (bicyclic) bond motifs is 1. The number of aromatic nitrogens is 4. The minimum absolute atomic E-state index is 0.0101. The van der Waals surface area contributed by atoms with E-state index in [4.69, 9.17) is 10.1 Å². The summed E-state index contributed by atoms with van der Waals surface area (Å²) in [6.07, 6.45) is 4.10. The van der Waals surface area contributed by atoms with Gasteiger partial charge in [-0.15, -0.1) is 0 Å². The summed E-state index contributed by atoms with van der Waals surface area (Å²) in [5.41, 5.74) is 5.26. The van der Waals surface area contributed by atoms with Crippen LogP contribution in [-0.2, 0) is 6.54 Å². The van der Waals surface area contributed by atoms with Crippen molar-refractivity contribution in [2.24, 2.45) is 0 Å². The fourth-order valence-electron chi connectivity index (χ4n) is 4.61. The second-order valence-corrected chi connectivity index (χ2v) is 8.79. The van der Waals surface area contributed by atoms with E-state index in [9.17, 15) is 4.79 Å². The molecule has 0 bridgehead atoms. The van der Waals surface area contributed by atoms with Gasteiger partial charge in [-0.3, -0.25) is 9.69 Å². The molecule has 6 rings (SSSR count). The fraction of sp³-hybridized carbons (Fsp3) is 0.179. The van der Waals surface area contributed by atoms with Crippen LogP contribution < -0.4 is 0 Å². The molecule has 0 unspecified atom stereocenters. The molecule has 7 heteroatoms. The van der Waals surface area contributed by atoms with Crippen LogP contribution in [0.3, 0.4) is 0 Å². The van der Waals surface area contributed by atoms with Crippen molar-refractivity contribution in [3.63, 3.8) is 0 Å². The molecule has 0 aliphatic carbocycles. The Labute approximate surface area is 203 Å². The number of para-hydroxylation sites is 1. The first kappa shape index (κ1) is 21.3. The Hall–Kier alpha value is -4.23. The molecule has 1 aliphatic rings. The molecule has 3 aromatic heterocycles. The van der Waals surface area contributed by atoms with Crippen LogP contribution in [0.2, 0.25) is 0 Å². The van der Waals surface area contributed by atoms with Crippen molar-refractivity contribution in [3.8, 4) is 16.9 Å². The molecule has 1 saturated heterocycles. The van der Waals surface area contributed by atoms with Gasteiger partial charge in [-0.2, -0.15) is 5.10 Å². The van der Waals surface area contributed by atoms with Gasteiger partial charge in [0.05, 0.1) is 17.1 Å². The van der Waals surface area contributed by atoms with E-state index in [1.54, 1.807) is 4.68 Å². The third-order valence-corrected chi connectivity index (χ3v) is 6.46. The number of pyridine rings is 1. The van der Waals surface area contributed by atoms with Crippen LogP contribution in [0.4, 0.5) is 0 Å². The minimum atomic E-state index is 0.0101. The van der Waals surface area contributed by atoms with Crippen molar-refractivity contribution < 1.29 is 4.79 Å². The number of piperazine rings is 1. The monoisotopic (exact) mass is 462 g/mol. The van der Waals surface area contributed by atoms with Gasteiger partial charge >= 0.3 is 0 Å². The summed E-state index contributed by atoms with van der Waals surface area (Å²) in [6, 6.07) is 27.8. The fourth-order valence-corrected chi connectivity index (χ4v) is 4.61. The van der Waals surface area contributed by atoms with Crippen LogP contribution in [0, 0.1) is 0 Å². The SMILES string of the molecule is O=C(c1cc(-c2ccccc2)nn1-c1ccccc1)N1CCN(Cc2cn3ccccc3n2)CC1. The van der Waals surface area contributed by atoms with E-state index in [1.807, 2.05) is 100 Å². The lowest BCUT2D eigenvalue weighted by Crippen LogP contribution is -2.48. The van der Waals surface area contributed by atoms with Gasteiger partial charge in [0.2, 0.25) is 0 Å². The highest BCUT2D eigenvalue weighted by Gasteiger charge is 2.26. The molecule has 0 atom stereocenters. The first-order chi connectivity index (χ1) is 17.2. The number of imidazole rings is 1. The van der Waals surface area contributed by atoms with Crippen molar-refractivity contribution in [1.82, 2.24) is 29.0 Å². The van der Waals surface area contributed by atoms with E-state index < -0.39 is 0 Å². The number of benzene rings is 2. The van der Waals surface area contributed by atoms with Crippen LogP contribution in [0.15, 0.2) is 97.3 Å². The van der Waals surface area contributed by atoms with Crippen LogP contribution in [-0.4, -0.2) is 61.1 Å². The number of hydrogen-bond donors (Lipinski definition) is 0. The zero-order chi connectivity index (χ0) is 23.6. The number of carbonyl (C=O) groups excluding carboxylic acids is 1. The Morgan fingerprint density at radius 2 is 1.54 bits per heavy atom. The molecule has 7 nitrogen and oxygen atoms in total. The summed E-state index contributed by atoms with van der Waals surface area (Å²) >= 11 is 0. The van der Waals surface area contributed by atoms with Gasteiger partial charge in [0.1, 0.15) is 11.3 Å². The summed E-state index contributed by atoms with van der Waals surface area (Å²) in [6.45, 7) is 3.75. The lowest BCUT2D eigenvalue weighted by atomic mass is 10.1. The van der Waals surface area contributed by atoms with Crippen LogP contribution in [0.25, 0.3) is 22.6 Å². The first-order valence-corrected chi connectivity index (χ1v) is 11.9. The topological polar surface area (TPSA) is 58.7 Å². The number of rotatable bonds is 5. The first-order valence-electron chi connectivity index (χ1n) is 11.9. The summed E-state index contributed by atoms with van der Waals surface area (Å²) in [7, 11) is 0. The number of hydrogen-bond acceptors (Lipinski definition) is 4. The number of amides is 1. The van der Waals surface area contributed by atoms with Gasteiger partial charge in [0, 0.05) is 50.7 Å². The second-order valence-electron chi connectivity index (χ2n) is 8.79.